The van der Waals surface area contributed by atoms with E-state index >= 15 is 0 Å². The summed E-state index contributed by atoms with van der Waals surface area (Å²) in [5, 5.41) is 0. The van der Waals surface area contributed by atoms with Crippen molar-refractivity contribution in [3.8, 4) is 0 Å². The largest absolute Gasteiger partial charge is 0.368 e. The second kappa shape index (κ2) is 14.0. The van der Waals surface area contributed by atoms with E-state index in [0.29, 0.717) is 33.0 Å². The summed E-state index contributed by atoms with van der Waals surface area (Å²) in [4.78, 5) is 0. The van der Waals surface area contributed by atoms with E-state index in [-0.39, 0.29) is 6.10 Å². The lowest BCUT2D eigenvalue weighted by atomic mass is 10.0. The predicted octanol–water partition coefficient (Wildman–Crippen LogP) is 6.32. The van der Waals surface area contributed by atoms with Gasteiger partial charge < -0.3 is 23.7 Å². The van der Waals surface area contributed by atoms with Crippen LogP contribution in [0.25, 0.3) is 0 Å². The van der Waals surface area contributed by atoms with Crippen LogP contribution in [0.1, 0.15) is 22.3 Å². The molecule has 1 heterocycles. The molecule has 0 aliphatic carbocycles. The Hall–Kier alpha value is -3.32. The first-order chi connectivity index (χ1) is 18.8. The fourth-order valence-corrected chi connectivity index (χ4v) is 4.47. The monoisotopic (exact) mass is 510 g/mol. The molecule has 0 aromatic heterocycles. The zero-order chi connectivity index (χ0) is 25.8. The van der Waals surface area contributed by atoms with Crippen LogP contribution in [0.5, 0.6) is 0 Å². The highest BCUT2D eigenvalue weighted by Crippen LogP contribution is 2.28. The van der Waals surface area contributed by atoms with E-state index in [9.17, 15) is 0 Å². The van der Waals surface area contributed by atoms with Crippen LogP contribution >= 0.6 is 0 Å². The Morgan fingerprint density at radius 3 is 1.26 bits per heavy atom. The van der Waals surface area contributed by atoms with E-state index in [1.54, 1.807) is 0 Å². The Bertz CT molecular complexity index is 1090. The molecule has 4 aromatic rings. The lowest BCUT2D eigenvalue weighted by Gasteiger charge is -2.42. The van der Waals surface area contributed by atoms with Crippen molar-refractivity contribution >= 4 is 0 Å². The summed E-state index contributed by atoms with van der Waals surface area (Å²) >= 11 is 0. The van der Waals surface area contributed by atoms with E-state index in [4.69, 9.17) is 23.7 Å². The Balaban J connectivity index is 1.35. The molecule has 0 bridgehead atoms. The molecule has 4 atom stereocenters. The molecule has 196 valence electrons. The van der Waals surface area contributed by atoms with Crippen LogP contribution in [0.3, 0.4) is 0 Å². The fraction of sp³-hybridized carbons (Fsp3) is 0.273. The van der Waals surface area contributed by atoms with Crippen molar-refractivity contribution in [3.05, 3.63) is 144 Å². The van der Waals surface area contributed by atoms with Crippen molar-refractivity contribution in [3.63, 3.8) is 0 Å². The average molecular weight is 511 g/mol. The molecule has 0 saturated carbocycles. The van der Waals surface area contributed by atoms with Crippen molar-refractivity contribution in [2.24, 2.45) is 0 Å². The molecule has 5 heteroatoms. The van der Waals surface area contributed by atoms with Gasteiger partial charge in [-0.05, 0) is 22.3 Å². The minimum Gasteiger partial charge on any atom is -0.368 e. The van der Waals surface area contributed by atoms with Crippen LogP contribution in [0, 0.1) is 0 Å². The van der Waals surface area contributed by atoms with Gasteiger partial charge in [-0.25, -0.2) is 0 Å². The Morgan fingerprint density at radius 1 is 0.447 bits per heavy atom. The second-order valence-corrected chi connectivity index (χ2v) is 9.36. The Kier molecular flexibility index (Phi) is 9.69. The summed E-state index contributed by atoms with van der Waals surface area (Å²) in [5.41, 5.74) is 4.33. The molecule has 0 N–H and O–H groups in total. The van der Waals surface area contributed by atoms with Crippen molar-refractivity contribution in [1.82, 2.24) is 0 Å². The molecule has 4 aromatic carbocycles. The Labute approximate surface area is 224 Å². The highest BCUT2D eigenvalue weighted by Gasteiger charge is 2.43. The standard InChI is InChI=1S/C33H34O5/c1-5-13-26(14-6-1)21-34-30-25-38-33(37-24-29-19-11-4-12-20-29)32(36-23-28-17-9-3-10-18-28)31(30)35-22-27-15-7-2-8-16-27/h1-20,30-33H,21-25H2/t30-,31+,32+,33+/m0/s1. The van der Waals surface area contributed by atoms with Gasteiger partial charge in [0.2, 0.25) is 0 Å². The molecule has 38 heavy (non-hydrogen) atoms. The van der Waals surface area contributed by atoms with Gasteiger partial charge in [0.25, 0.3) is 0 Å². The molecule has 1 aliphatic rings. The van der Waals surface area contributed by atoms with Gasteiger partial charge in [0, 0.05) is 0 Å². The lowest BCUT2D eigenvalue weighted by Crippen LogP contribution is -2.56. The number of benzene rings is 4. The maximum atomic E-state index is 6.54. The zero-order valence-corrected chi connectivity index (χ0v) is 21.4. The summed E-state index contributed by atoms with van der Waals surface area (Å²) in [7, 11) is 0. The van der Waals surface area contributed by atoms with Gasteiger partial charge >= 0.3 is 0 Å². The van der Waals surface area contributed by atoms with Gasteiger partial charge in [-0.15, -0.1) is 0 Å². The smallest absolute Gasteiger partial charge is 0.186 e. The van der Waals surface area contributed by atoms with Gasteiger partial charge in [0.15, 0.2) is 6.29 Å². The molecular formula is C33H34O5. The minimum absolute atomic E-state index is 0.323. The zero-order valence-electron chi connectivity index (χ0n) is 21.4. The predicted molar refractivity (Wildman–Crippen MR) is 146 cm³/mol. The van der Waals surface area contributed by atoms with Gasteiger partial charge in [0.05, 0.1) is 33.0 Å². The maximum absolute atomic E-state index is 6.54. The molecule has 5 rings (SSSR count). The molecule has 0 amide bonds. The maximum Gasteiger partial charge on any atom is 0.186 e. The number of rotatable bonds is 12. The van der Waals surface area contributed by atoms with Gasteiger partial charge in [-0.2, -0.15) is 0 Å². The molecule has 1 saturated heterocycles. The van der Waals surface area contributed by atoms with E-state index in [1.807, 2.05) is 97.1 Å². The average Bonchev–Trinajstić information content (AvgIpc) is 2.99. The van der Waals surface area contributed by atoms with Gasteiger partial charge in [-0.1, -0.05) is 121 Å². The molecule has 0 unspecified atom stereocenters. The van der Waals surface area contributed by atoms with Crippen molar-refractivity contribution in [1.29, 1.82) is 0 Å². The first-order valence-corrected chi connectivity index (χ1v) is 13.1. The first kappa shape index (κ1) is 26.3. The van der Waals surface area contributed by atoms with E-state index in [1.165, 1.54) is 0 Å². The summed E-state index contributed by atoms with van der Waals surface area (Å²) < 4.78 is 31.9. The summed E-state index contributed by atoms with van der Waals surface area (Å²) in [6, 6.07) is 40.5. The minimum atomic E-state index is -0.601. The van der Waals surface area contributed by atoms with Crippen molar-refractivity contribution < 1.29 is 23.7 Å². The summed E-state index contributed by atoms with van der Waals surface area (Å²) in [6.07, 6.45) is -1.80. The highest BCUT2D eigenvalue weighted by molar-refractivity contribution is 5.16. The van der Waals surface area contributed by atoms with Gasteiger partial charge in [-0.3, -0.25) is 0 Å². The molecule has 1 fully saturated rings. The first-order valence-electron chi connectivity index (χ1n) is 13.1. The van der Waals surface area contributed by atoms with Crippen molar-refractivity contribution in [2.45, 2.75) is 51.0 Å². The highest BCUT2D eigenvalue weighted by atomic mass is 16.7. The molecule has 0 spiro atoms. The third-order valence-corrected chi connectivity index (χ3v) is 6.52. The van der Waals surface area contributed by atoms with Crippen LogP contribution in [-0.4, -0.2) is 31.2 Å². The Morgan fingerprint density at radius 2 is 0.816 bits per heavy atom. The lowest BCUT2D eigenvalue weighted by molar-refractivity contribution is -0.302. The molecule has 1 aliphatic heterocycles. The fourth-order valence-electron chi connectivity index (χ4n) is 4.47. The molecular weight excluding hydrogens is 476 g/mol. The van der Waals surface area contributed by atoms with Gasteiger partial charge in [0.1, 0.15) is 18.3 Å². The quantitative estimate of drug-likeness (QED) is 0.223. The van der Waals surface area contributed by atoms with E-state index < -0.39 is 18.5 Å². The van der Waals surface area contributed by atoms with Crippen LogP contribution in [0.2, 0.25) is 0 Å². The van der Waals surface area contributed by atoms with Crippen molar-refractivity contribution in [2.75, 3.05) is 6.61 Å². The van der Waals surface area contributed by atoms with Crippen LogP contribution < -0.4 is 0 Å². The number of ether oxygens (including phenoxy) is 5. The number of hydrogen-bond donors (Lipinski definition) is 0. The summed E-state index contributed by atoms with van der Waals surface area (Å²) in [5.74, 6) is 0. The number of hydrogen-bond acceptors (Lipinski definition) is 5. The van der Waals surface area contributed by atoms with E-state index in [2.05, 4.69) is 24.3 Å². The molecule has 0 radical (unpaired) electrons. The van der Waals surface area contributed by atoms with Crippen LogP contribution in [0.4, 0.5) is 0 Å². The van der Waals surface area contributed by atoms with Crippen LogP contribution in [-0.2, 0) is 50.1 Å². The van der Waals surface area contributed by atoms with Crippen LogP contribution in [0.15, 0.2) is 121 Å². The topological polar surface area (TPSA) is 46.2 Å². The third kappa shape index (κ3) is 7.60. The normalized spacial score (nSPS) is 21.3. The molecule has 5 nitrogen and oxygen atoms in total. The second-order valence-electron chi connectivity index (χ2n) is 9.36. The third-order valence-electron chi connectivity index (χ3n) is 6.52. The SMILES string of the molecule is c1ccc(CO[C@@H]2OC[C@H](OCc3ccccc3)[C@@H](OCc3ccccc3)[C@H]2OCc2ccccc2)cc1. The summed E-state index contributed by atoms with van der Waals surface area (Å²) in [6.45, 7) is 2.07. The van der Waals surface area contributed by atoms with E-state index in [0.717, 1.165) is 22.3 Å².